The third kappa shape index (κ3) is 3.46. The molecule has 1 fully saturated rings. The Labute approximate surface area is 185 Å². The standard InChI is InChI=1S/2C9H13.C6H12.2ClH.Hf/c2*1-9(2,3)8-6-4-5-7-8;1-5(2)6(3)4;;;/h2*6-7H,4H2,1-3H3;1-4H3;2*1H;/q;;;;;+2/p-2. The van der Waals surface area contributed by atoms with Crippen molar-refractivity contribution in [1.82, 2.24) is 0 Å². The predicted molar refractivity (Wildman–Crippen MR) is 109 cm³/mol. The molecule has 3 rings (SSSR count). The number of hydrogen-bond acceptors (Lipinski definition) is 0. The van der Waals surface area contributed by atoms with E-state index in [2.05, 4.69) is 93.5 Å². The van der Waals surface area contributed by atoms with E-state index in [4.69, 9.17) is 0 Å². The van der Waals surface area contributed by atoms with Crippen LogP contribution >= 0.6 is 0 Å². The van der Waals surface area contributed by atoms with E-state index < -0.39 is 20.0 Å². The van der Waals surface area contributed by atoms with E-state index in [1.165, 1.54) is 12.8 Å². The fourth-order valence-corrected chi connectivity index (χ4v) is 37.5. The Morgan fingerprint density at radius 3 is 1.15 bits per heavy atom. The summed E-state index contributed by atoms with van der Waals surface area (Å²) in [5.74, 6) is 0. The quantitative estimate of drug-likeness (QED) is 0.443. The third-order valence-electron chi connectivity index (χ3n) is 7.81. The zero-order chi connectivity index (χ0) is 19.1. The molecule has 0 bridgehead atoms. The van der Waals surface area contributed by atoms with Gasteiger partial charge in [-0.1, -0.05) is 0 Å². The van der Waals surface area contributed by atoms with Gasteiger partial charge in [0, 0.05) is 0 Å². The van der Waals surface area contributed by atoms with Gasteiger partial charge in [-0.05, 0) is 0 Å². The smallest absolute Gasteiger partial charge is 1.00 e. The van der Waals surface area contributed by atoms with Crippen LogP contribution in [0.5, 0.6) is 0 Å². The molecular formula is C24H38Cl2Hf. The molecule has 0 spiro atoms. The molecule has 0 aromatic carbocycles. The molecule has 0 radical (unpaired) electrons. The van der Waals surface area contributed by atoms with E-state index in [1.54, 1.807) is 11.1 Å². The van der Waals surface area contributed by atoms with Gasteiger partial charge in [0.05, 0.1) is 0 Å². The van der Waals surface area contributed by atoms with Gasteiger partial charge in [0.15, 0.2) is 0 Å². The largest absolute Gasteiger partial charge is 1.00 e. The maximum absolute atomic E-state index is 2.79. The van der Waals surface area contributed by atoms with Gasteiger partial charge in [-0.25, -0.2) is 0 Å². The first-order chi connectivity index (χ1) is 11.2. The van der Waals surface area contributed by atoms with Crippen molar-refractivity contribution in [3.8, 4) is 0 Å². The van der Waals surface area contributed by atoms with Crippen molar-refractivity contribution in [1.29, 1.82) is 0 Å². The van der Waals surface area contributed by atoms with E-state index >= 15 is 0 Å². The van der Waals surface area contributed by atoms with Crippen molar-refractivity contribution in [2.75, 3.05) is 0 Å². The van der Waals surface area contributed by atoms with Crippen molar-refractivity contribution in [2.24, 2.45) is 10.8 Å². The van der Waals surface area contributed by atoms with Gasteiger partial charge in [0.25, 0.3) is 0 Å². The molecule has 152 valence electrons. The summed E-state index contributed by atoms with van der Waals surface area (Å²) >= 11 is -2.79. The van der Waals surface area contributed by atoms with Gasteiger partial charge in [-0.3, -0.25) is 0 Å². The Hall–Kier alpha value is 0.410. The molecular weight excluding hydrogens is 538 g/mol. The molecule has 27 heavy (non-hydrogen) atoms. The second kappa shape index (κ2) is 7.28. The van der Waals surface area contributed by atoms with Gasteiger partial charge in [-0.15, -0.1) is 0 Å². The summed E-state index contributed by atoms with van der Waals surface area (Å²) in [6.45, 7) is 24.5. The van der Waals surface area contributed by atoms with Gasteiger partial charge < -0.3 is 24.8 Å². The van der Waals surface area contributed by atoms with Crippen LogP contribution in [-0.4, -0.2) is 0 Å². The molecule has 0 unspecified atom stereocenters. The molecule has 1 aliphatic heterocycles. The molecule has 3 heteroatoms. The van der Waals surface area contributed by atoms with Crippen molar-refractivity contribution in [3.63, 3.8) is 0 Å². The van der Waals surface area contributed by atoms with E-state index in [-0.39, 0.29) is 35.6 Å². The summed E-state index contributed by atoms with van der Waals surface area (Å²) in [4.78, 5) is 0. The van der Waals surface area contributed by atoms with Crippen LogP contribution in [0.4, 0.5) is 0 Å². The number of allylic oxidation sites excluding steroid dienone is 8. The van der Waals surface area contributed by atoms with Crippen LogP contribution in [0.3, 0.4) is 0 Å². The summed E-state index contributed by atoms with van der Waals surface area (Å²) in [7, 11) is 0. The molecule has 0 aromatic rings. The van der Waals surface area contributed by atoms with E-state index in [0.29, 0.717) is 6.34 Å². The molecule has 0 saturated carbocycles. The summed E-state index contributed by atoms with van der Waals surface area (Å²) in [6.07, 6.45) is 12.8. The van der Waals surface area contributed by atoms with Gasteiger partial charge in [0.2, 0.25) is 0 Å². The first-order valence-corrected chi connectivity index (χ1v) is 17.2. The third-order valence-corrected chi connectivity index (χ3v) is 34.3. The molecule has 0 aromatic heterocycles. The second-order valence-corrected chi connectivity index (χ2v) is 30.6. The van der Waals surface area contributed by atoms with Crippen LogP contribution in [0.25, 0.3) is 0 Å². The molecule has 1 saturated heterocycles. The Balaban J connectivity index is 0.00000182. The Morgan fingerprint density at radius 2 is 0.963 bits per heavy atom. The minimum atomic E-state index is -2.79. The zero-order valence-corrected chi connectivity index (χ0v) is 24.1. The van der Waals surface area contributed by atoms with Crippen LogP contribution in [-0.2, 0) is 20.0 Å². The first kappa shape index (κ1) is 25.4. The average Bonchev–Trinajstić information content (AvgIpc) is 2.95. The summed E-state index contributed by atoms with van der Waals surface area (Å²) < 4.78 is 4.81. The Bertz CT molecular complexity index is 667. The monoisotopic (exact) mass is 576 g/mol. The molecule has 3 aliphatic rings. The number of rotatable bonds is 2. The van der Waals surface area contributed by atoms with Crippen LogP contribution in [0.1, 0.15) is 82.1 Å². The second-order valence-electron chi connectivity index (χ2n) is 11.6. The molecule has 0 amide bonds. The number of halogens is 2. The Kier molecular flexibility index (Phi) is 6.86. The van der Waals surface area contributed by atoms with Gasteiger partial charge >= 0.3 is 161 Å². The summed E-state index contributed by atoms with van der Waals surface area (Å²) in [5.41, 5.74) is 3.70. The van der Waals surface area contributed by atoms with Crippen molar-refractivity contribution in [2.45, 2.75) is 88.4 Å². The fraction of sp³-hybridized carbons (Fsp3) is 0.667. The van der Waals surface area contributed by atoms with Crippen LogP contribution in [0.2, 0.25) is 6.34 Å². The molecule has 0 atom stereocenters. The van der Waals surface area contributed by atoms with Gasteiger partial charge in [0.1, 0.15) is 0 Å². The van der Waals surface area contributed by atoms with Gasteiger partial charge in [-0.2, -0.15) is 0 Å². The van der Waals surface area contributed by atoms with Crippen molar-refractivity contribution in [3.05, 3.63) is 42.1 Å². The summed E-state index contributed by atoms with van der Waals surface area (Å²) in [5, 5.41) is 0. The Morgan fingerprint density at radius 1 is 0.667 bits per heavy atom. The number of hydrogen-bond donors (Lipinski definition) is 0. The van der Waals surface area contributed by atoms with Crippen LogP contribution < -0.4 is 24.8 Å². The topological polar surface area (TPSA) is 0 Å². The van der Waals surface area contributed by atoms with E-state index in [0.717, 1.165) is 0 Å². The molecule has 0 N–H and O–H groups in total. The molecule has 0 nitrogen and oxygen atoms in total. The average molecular weight is 576 g/mol. The van der Waals surface area contributed by atoms with Crippen LogP contribution in [0, 0.1) is 10.8 Å². The molecule has 1 heterocycles. The van der Waals surface area contributed by atoms with E-state index in [1.807, 2.05) is 6.66 Å². The first-order valence-electron chi connectivity index (χ1n) is 10.0. The normalized spacial score (nSPS) is 23.6. The van der Waals surface area contributed by atoms with Crippen LogP contribution in [0.15, 0.2) is 42.1 Å². The minimum Gasteiger partial charge on any atom is -1.00 e. The summed E-state index contributed by atoms with van der Waals surface area (Å²) in [6, 6.07) is 0. The van der Waals surface area contributed by atoms with E-state index in [9.17, 15) is 0 Å². The SMILES string of the molecule is CC(C)(C)C1=CC[C]([Hf+2]2([C]3=CC(C(C)(C)C)=CC3)[C](C)(C)[C]2(C)C)=C1.[Cl-].[Cl-]. The maximum atomic E-state index is 2.65. The van der Waals surface area contributed by atoms with Crippen molar-refractivity contribution < 1.29 is 44.8 Å². The predicted octanol–water partition coefficient (Wildman–Crippen LogP) is 2.08. The fourth-order valence-electron chi connectivity index (χ4n) is 5.74. The zero-order valence-electron chi connectivity index (χ0n) is 19.0. The maximum Gasteiger partial charge on any atom is -1.00 e. The van der Waals surface area contributed by atoms with Crippen molar-refractivity contribution >= 4 is 0 Å². The molecule has 2 aliphatic carbocycles. The minimum absolute atomic E-state index is 0.